The second kappa shape index (κ2) is 6.84. The summed E-state index contributed by atoms with van der Waals surface area (Å²) in [5.41, 5.74) is 3.84. The van der Waals surface area contributed by atoms with Crippen LogP contribution in [0.4, 0.5) is 5.69 Å². The Morgan fingerprint density at radius 3 is 1.81 bits per heavy atom. The first-order valence-corrected chi connectivity index (χ1v) is 8.46. The van der Waals surface area contributed by atoms with E-state index in [2.05, 4.69) is 10.2 Å². The van der Waals surface area contributed by atoms with Crippen LogP contribution in [0, 0.1) is 17.0 Å². The van der Waals surface area contributed by atoms with Crippen LogP contribution in [-0.2, 0) is 0 Å². The molecular formula is C21H16N4O2. The van der Waals surface area contributed by atoms with E-state index >= 15 is 0 Å². The van der Waals surface area contributed by atoms with Crippen molar-refractivity contribution < 1.29 is 4.92 Å². The van der Waals surface area contributed by atoms with Crippen molar-refractivity contribution in [2.45, 2.75) is 6.92 Å². The van der Waals surface area contributed by atoms with E-state index in [1.807, 2.05) is 66.1 Å². The Labute approximate surface area is 155 Å². The lowest BCUT2D eigenvalue weighted by molar-refractivity contribution is -0.384. The minimum Gasteiger partial charge on any atom is -0.275 e. The fourth-order valence-corrected chi connectivity index (χ4v) is 2.91. The minimum absolute atomic E-state index is 0.0447. The summed E-state index contributed by atoms with van der Waals surface area (Å²) in [6.45, 7) is 2.04. The largest absolute Gasteiger partial charge is 0.275 e. The van der Waals surface area contributed by atoms with Gasteiger partial charge in [0.2, 0.25) is 0 Å². The molecule has 4 rings (SSSR count). The number of para-hydroxylation sites is 1. The molecule has 0 aliphatic heterocycles. The predicted molar refractivity (Wildman–Crippen MR) is 104 cm³/mol. The molecule has 1 heterocycles. The van der Waals surface area contributed by atoms with Crippen molar-refractivity contribution in [2.24, 2.45) is 0 Å². The van der Waals surface area contributed by atoms with Crippen LogP contribution >= 0.6 is 0 Å². The molecule has 27 heavy (non-hydrogen) atoms. The molecule has 6 heteroatoms. The summed E-state index contributed by atoms with van der Waals surface area (Å²) in [5.74, 6) is 1.35. The van der Waals surface area contributed by atoms with Crippen LogP contribution in [0.25, 0.3) is 28.5 Å². The highest BCUT2D eigenvalue weighted by Crippen LogP contribution is 2.29. The molecule has 0 spiro atoms. The molecule has 1 aromatic heterocycles. The number of aromatic nitrogens is 3. The predicted octanol–water partition coefficient (Wildman–Crippen LogP) is 4.82. The smallest absolute Gasteiger partial charge is 0.269 e. The number of rotatable bonds is 4. The van der Waals surface area contributed by atoms with E-state index in [0.29, 0.717) is 5.82 Å². The van der Waals surface area contributed by atoms with Crippen LogP contribution in [0.1, 0.15) is 5.56 Å². The van der Waals surface area contributed by atoms with Gasteiger partial charge in [0.1, 0.15) is 0 Å². The third-order valence-corrected chi connectivity index (χ3v) is 4.32. The van der Waals surface area contributed by atoms with E-state index in [9.17, 15) is 10.1 Å². The molecule has 0 saturated heterocycles. The van der Waals surface area contributed by atoms with Gasteiger partial charge in [-0.25, -0.2) is 0 Å². The van der Waals surface area contributed by atoms with Crippen molar-refractivity contribution >= 4 is 5.69 Å². The number of nitro groups is 1. The maximum atomic E-state index is 10.9. The zero-order chi connectivity index (χ0) is 18.8. The van der Waals surface area contributed by atoms with Gasteiger partial charge in [0.25, 0.3) is 5.69 Å². The van der Waals surface area contributed by atoms with E-state index in [-0.39, 0.29) is 5.69 Å². The van der Waals surface area contributed by atoms with Gasteiger partial charge in [0.05, 0.1) is 4.92 Å². The van der Waals surface area contributed by atoms with Crippen LogP contribution in [0.3, 0.4) is 0 Å². The highest BCUT2D eigenvalue weighted by atomic mass is 16.6. The third kappa shape index (κ3) is 3.20. The number of nitro benzene ring substituents is 1. The molecule has 3 aromatic carbocycles. The Hall–Kier alpha value is -3.80. The van der Waals surface area contributed by atoms with E-state index in [1.54, 1.807) is 12.1 Å². The first-order valence-electron chi connectivity index (χ1n) is 8.46. The molecule has 0 aliphatic carbocycles. The summed E-state index contributed by atoms with van der Waals surface area (Å²) in [6.07, 6.45) is 0. The Morgan fingerprint density at radius 2 is 1.30 bits per heavy atom. The summed E-state index contributed by atoms with van der Waals surface area (Å²) in [5, 5.41) is 19.7. The summed E-state index contributed by atoms with van der Waals surface area (Å²) in [4.78, 5) is 10.5. The topological polar surface area (TPSA) is 73.8 Å². The van der Waals surface area contributed by atoms with Gasteiger partial charge in [-0.05, 0) is 31.2 Å². The average molecular weight is 356 g/mol. The summed E-state index contributed by atoms with van der Waals surface area (Å²) in [6, 6.07) is 24.3. The first kappa shape index (κ1) is 16.7. The highest BCUT2D eigenvalue weighted by molar-refractivity contribution is 5.67. The molecule has 6 nitrogen and oxygen atoms in total. The summed E-state index contributed by atoms with van der Waals surface area (Å²) in [7, 11) is 0. The average Bonchev–Trinajstić information content (AvgIpc) is 3.14. The minimum atomic E-state index is -0.413. The van der Waals surface area contributed by atoms with Gasteiger partial charge in [0, 0.05) is 28.9 Å². The molecule has 0 unspecified atom stereocenters. The number of nitrogens with zero attached hydrogens (tertiary/aromatic N) is 4. The molecule has 0 fully saturated rings. The highest BCUT2D eigenvalue weighted by Gasteiger charge is 2.17. The van der Waals surface area contributed by atoms with Gasteiger partial charge >= 0.3 is 0 Å². The second-order valence-corrected chi connectivity index (χ2v) is 6.19. The summed E-state index contributed by atoms with van der Waals surface area (Å²) < 4.78 is 1.96. The van der Waals surface area contributed by atoms with Crippen molar-refractivity contribution in [1.29, 1.82) is 0 Å². The number of aryl methyl sites for hydroxylation is 1. The van der Waals surface area contributed by atoms with Gasteiger partial charge in [-0.15, -0.1) is 10.2 Å². The Kier molecular flexibility index (Phi) is 4.22. The van der Waals surface area contributed by atoms with E-state index in [0.717, 1.165) is 22.6 Å². The van der Waals surface area contributed by atoms with E-state index < -0.39 is 4.92 Å². The molecule has 0 amide bonds. The van der Waals surface area contributed by atoms with Crippen molar-refractivity contribution in [3.05, 3.63) is 94.5 Å². The molecule has 0 aliphatic rings. The lowest BCUT2D eigenvalue weighted by Gasteiger charge is -2.11. The Bertz CT molecular complexity index is 1090. The van der Waals surface area contributed by atoms with Crippen molar-refractivity contribution in [3.63, 3.8) is 0 Å². The van der Waals surface area contributed by atoms with E-state index in [4.69, 9.17) is 0 Å². The molecule has 0 radical (unpaired) electrons. The molecule has 0 atom stereocenters. The van der Waals surface area contributed by atoms with Crippen molar-refractivity contribution in [2.75, 3.05) is 0 Å². The van der Waals surface area contributed by atoms with Crippen LogP contribution in [0.2, 0.25) is 0 Å². The maximum Gasteiger partial charge on any atom is 0.269 e. The van der Waals surface area contributed by atoms with Crippen LogP contribution < -0.4 is 0 Å². The molecular weight excluding hydrogens is 340 g/mol. The van der Waals surface area contributed by atoms with Gasteiger partial charge in [-0.2, -0.15) is 0 Å². The maximum absolute atomic E-state index is 10.9. The molecule has 4 aromatic rings. The van der Waals surface area contributed by atoms with Crippen LogP contribution in [0.5, 0.6) is 0 Å². The number of benzene rings is 3. The molecule has 132 valence electrons. The zero-order valence-corrected chi connectivity index (χ0v) is 14.6. The molecule has 0 N–H and O–H groups in total. The fourth-order valence-electron chi connectivity index (χ4n) is 2.91. The fraction of sp³-hybridized carbons (Fsp3) is 0.0476. The normalized spacial score (nSPS) is 10.7. The third-order valence-electron chi connectivity index (χ3n) is 4.32. The van der Waals surface area contributed by atoms with Gasteiger partial charge in [-0.1, -0.05) is 48.0 Å². The van der Waals surface area contributed by atoms with Crippen LogP contribution in [0.15, 0.2) is 78.9 Å². The number of hydrogen-bond donors (Lipinski definition) is 0. The van der Waals surface area contributed by atoms with Crippen molar-refractivity contribution in [1.82, 2.24) is 14.8 Å². The summed E-state index contributed by atoms with van der Waals surface area (Å²) >= 11 is 0. The molecule has 0 bridgehead atoms. The molecule has 0 saturated carbocycles. The standard InChI is InChI=1S/C21H16N4O2/c1-15-7-9-16(10-8-15)20-22-23-21(24(20)18-5-3-2-4-6-18)17-11-13-19(14-12-17)25(26)27/h2-14H,1H3. The van der Waals surface area contributed by atoms with Crippen LogP contribution in [-0.4, -0.2) is 19.7 Å². The quantitative estimate of drug-likeness (QED) is 0.388. The van der Waals surface area contributed by atoms with Gasteiger partial charge < -0.3 is 0 Å². The Balaban J connectivity index is 1.89. The number of hydrogen-bond acceptors (Lipinski definition) is 4. The van der Waals surface area contributed by atoms with Gasteiger partial charge in [0.15, 0.2) is 11.6 Å². The lowest BCUT2D eigenvalue weighted by Crippen LogP contribution is -2.00. The lowest BCUT2D eigenvalue weighted by atomic mass is 10.1. The first-order chi connectivity index (χ1) is 13.1. The monoisotopic (exact) mass is 356 g/mol. The Morgan fingerprint density at radius 1 is 0.778 bits per heavy atom. The SMILES string of the molecule is Cc1ccc(-c2nnc(-c3ccc([N+](=O)[O-])cc3)n2-c2ccccc2)cc1. The van der Waals surface area contributed by atoms with Crippen molar-refractivity contribution in [3.8, 4) is 28.5 Å². The number of non-ortho nitro benzene ring substituents is 1. The van der Waals surface area contributed by atoms with E-state index in [1.165, 1.54) is 17.7 Å². The second-order valence-electron chi connectivity index (χ2n) is 6.19. The zero-order valence-electron chi connectivity index (χ0n) is 14.6. The van der Waals surface area contributed by atoms with Gasteiger partial charge in [-0.3, -0.25) is 14.7 Å².